The summed E-state index contributed by atoms with van der Waals surface area (Å²) >= 11 is 0. The fraction of sp³-hybridized carbons (Fsp3) is 0.423. The highest BCUT2D eigenvalue weighted by molar-refractivity contribution is 5.92. The molecule has 1 aromatic heterocycles. The first-order chi connectivity index (χ1) is 17.4. The second-order valence-corrected chi connectivity index (χ2v) is 9.55. The van der Waals surface area contributed by atoms with Gasteiger partial charge in [0.1, 0.15) is 5.82 Å². The predicted octanol–water partition coefficient (Wildman–Crippen LogP) is 5.36. The van der Waals surface area contributed by atoms with E-state index in [4.69, 9.17) is 4.42 Å². The minimum atomic E-state index is -2.90. The van der Waals surface area contributed by atoms with Crippen LogP contribution in [-0.2, 0) is 6.54 Å². The molecule has 7 nitrogen and oxygen atoms in total. The Morgan fingerprint density at radius 3 is 2.44 bits per heavy atom. The molecule has 0 radical (unpaired) electrons. The Morgan fingerprint density at radius 1 is 1.11 bits per heavy atom. The van der Waals surface area contributed by atoms with Gasteiger partial charge in [-0.25, -0.2) is 9.18 Å². The number of hydrogen-bond donors (Lipinski definition) is 0. The number of halogens is 3. The monoisotopic (exact) mass is 499 g/mol. The Morgan fingerprint density at radius 2 is 1.83 bits per heavy atom. The molecule has 2 aromatic carbocycles. The molecule has 0 aliphatic carbocycles. The number of nitrogens with zero attached hydrogens (tertiary/aromatic N) is 5. The Balaban J connectivity index is 1.32. The van der Waals surface area contributed by atoms with Crippen LogP contribution in [0.3, 0.4) is 0 Å². The molecule has 10 heteroatoms. The molecule has 2 saturated heterocycles. The molecule has 0 N–H and O–H groups in total. The van der Waals surface area contributed by atoms with Crippen molar-refractivity contribution in [2.24, 2.45) is 5.41 Å². The van der Waals surface area contributed by atoms with E-state index in [1.807, 2.05) is 35.2 Å². The lowest BCUT2D eigenvalue weighted by atomic mass is 9.72. The van der Waals surface area contributed by atoms with Crippen LogP contribution in [0.25, 0.3) is 11.5 Å². The van der Waals surface area contributed by atoms with Crippen molar-refractivity contribution in [3.05, 3.63) is 65.8 Å². The first kappa shape index (κ1) is 24.3. The van der Waals surface area contributed by atoms with Gasteiger partial charge in [0.15, 0.2) is 0 Å². The van der Waals surface area contributed by atoms with Gasteiger partial charge >= 0.3 is 12.5 Å². The maximum absolute atomic E-state index is 15.1. The fourth-order valence-corrected chi connectivity index (χ4v) is 5.02. The van der Waals surface area contributed by atoms with Crippen LogP contribution in [0.5, 0.6) is 0 Å². The molecule has 3 heterocycles. The molecular formula is C26H28F3N5O2. The van der Waals surface area contributed by atoms with Gasteiger partial charge in [-0.3, -0.25) is 4.90 Å². The second-order valence-electron chi connectivity index (χ2n) is 9.55. The molecule has 2 amide bonds. The standard InChI is InChI=1S/C26H28F3N5O2/c1-2-32-12-10-26(11-13-32)16-33(17-26)25(35)34(20-6-4-3-5-7-20)15-19-9-8-18(14-21(19)27)23-30-31-24(36-23)22(28)29/h3-9,14,22H,2,10-13,15-17H2,1H3. The molecule has 0 saturated carbocycles. The predicted molar refractivity (Wildman–Crippen MR) is 128 cm³/mol. The van der Waals surface area contributed by atoms with Crippen LogP contribution in [0.1, 0.15) is 37.6 Å². The molecule has 0 atom stereocenters. The summed E-state index contributed by atoms with van der Waals surface area (Å²) in [5.74, 6) is -1.60. The van der Waals surface area contributed by atoms with Gasteiger partial charge < -0.3 is 14.2 Å². The number of hydrogen-bond acceptors (Lipinski definition) is 5. The first-order valence-electron chi connectivity index (χ1n) is 12.1. The molecule has 2 aliphatic rings. The van der Waals surface area contributed by atoms with E-state index in [-0.39, 0.29) is 35.0 Å². The molecule has 1 spiro atoms. The quantitative estimate of drug-likeness (QED) is 0.457. The Bertz CT molecular complexity index is 1200. The maximum atomic E-state index is 15.1. The van der Waals surface area contributed by atoms with Crippen LogP contribution in [0.4, 0.5) is 23.7 Å². The normalized spacial score (nSPS) is 17.4. The number of benzene rings is 2. The van der Waals surface area contributed by atoms with Crippen LogP contribution in [0.15, 0.2) is 52.9 Å². The number of urea groups is 1. The summed E-state index contributed by atoms with van der Waals surface area (Å²) in [4.78, 5) is 19.4. The zero-order chi connectivity index (χ0) is 25.3. The number of rotatable bonds is 6. The van der Waals surface area contributed by atoms with Crippen molar-refractivity contribution in [1.82, 2.24) is 20.0 Å². The number of alkyl halides is 2. The molecular weight excluding hydrogens is 471 g/mol. The number of amides is 2. The molecule has 0 bridgehead atoms. The molecule has 36 heavy (non-hydrogen) atoms. The topological polar surface area (TPSA) is 65.7 Å². The lowest BCUT2D eigenvalue weighted by Crippen LogP contribution is -2.64. The summed E-state index contributed by atoms with van der Waals surface area (Å²) in [5.41, 5.74) is 1.33. The van der Waals surface area contributed by atoms with Gasteiger partial charge in [0, 0.05) is 35.3 Å². The average molecular weight is 500 g/mol. The number of aromatic nitrogens is 2. The summed E-state index contributed by atoms with van der Waals surface area (Å²) in [7, 11) is 0. The minimum Gasteiger partial charge on any atom is -0.415 e. The third-order valence-electron chi connectivity index (χ3n) is 7.24. The smallest absolute Gasteiger partial charge is 0.324 e. The van der Waals surface area contributed by atoms with E-state index in [1.54, 1.807) is 4.90 Å². The van der Waals surface area contributed by atoms with E-state index in [0.717, 1.165) is 38.5 Å². The van der Waals surface area contributed by atoms with Crippen molar-refractivity contribution in [1.29, 1.82) is 0 Å². The van der Waals surface area contributed by atoms with E-state index in [1.165, 1.54) is 12.1 Å². The van der Waals surface area contributed by atoms with Gasteiger partial charge in [0.05, 0.1) is 6.54 Å². The van der Waals surface area contributed by atoms with Crippen molar-refractivity contribution in [2.45, 2.75) is 32.7 Å². The number of anilines is 1. The van der Waals surface area contributed by atoms with Crippen molar-refractivity contribution in [3.63, 3.8) is 0 Å². The second kappa shape index (κ2) is 9.93. The van der Waals surface area contributed by atoms with E-state index >= 15 is 4.39 Å². The zero-order valence-corrected chi connectivity index (χ0v) is 20.0. The van der Waals surface area contributed by atoms with Gasteiger partial charge in [-0.1, -0.05) is 31.2 Å². The van der Waals surface area contributed by atoms with Crippen LogP contribution in [0.2, 0.25) is 0 Å². The Kier molecular flexibility index (Phi) is 6.70. The van der Waals surface area contributed by atoms with Crippen LogP contribution in [-0.4, -0.2) is 58.8 Å². The highest BCUT2D eigenvalue weighted by Gasteiger charge is 2.47. The fourth-order valence-electron chi connectivity index (χ4n) is 5.02. The molecule has 0 unspecified atom stereocenters. The molecule has 5 rings (SSSR count). The molecule has 2 aliphatic heterocycles. The molecule has 2 fully saturated rings. The first-order valence-corrected chi connectivity index (χ1v) is 12.1. The van der Waals surface area contributed by atoms with Crippen LogP contribution < -0.4 is 4.90 Å². The molecule has 3 aromatic rings. The van der Waals surface area contributed by atoms with Crippen molar-refractivity contribution < 1.29 is 22.4 Å². The van der Waals surface area contributed by atoms with Crippen molar-refractivity contribution in [2.75, 3.05) is 37.6 Å². The summed E-state index contributed by atoms with van der Waals surface area (Å²) in [6.45, 7) is 6.75. The lowest BCUT2D eigenvalue weighted by Gasteiger charge is -2.54. The van der Waals surface area contributed by atoms with E-state index in [2.05, 4.69) is 22.0 Å². The van der Waals surface area contributed by atoms with E-state index < -0.39 is 18.1 Å². The third-order valence-corrected chi connectivity index (χ3v) is 7.24. The van der Waals surface area contributed by atoms with Gasteiger partial charge in [0.2, 0.25) is 5.89 Å². The largest absolute Gasteiger partial charge is 0.415 e. The summed E-state index contributed by atoms with van der Waals surface area (Å²) in [6, 6.07) is 13.2. The average Bonchev–Trinajstić information content (AvgIpc) is 3.38. The number of carbonyl (C=O) groups is 1. The van der Waals surface area contributed by atoms with E-state index in [9.17, 15) is 13.6 Å². The van der Waals surface area contributed by atoms with E-state index in [0.29, 0.717) is 18.8 Å². The lowest BCUT2D eigenvalue weighted by molar-refractivity contribution is -0.0188. The highest BCUT2D eigenvalue weighted by Crippen LogP contribution is 2.41. The number of piperidine rings is 1. The number of para-hydroxylation sites is 1. The third kappa shape index (κ3) is 4.82. The summed E-state index contributed by atoms with van der Waals surface area (Å²) in [6.07, 6.45) is -0.745. The minimum absolute atomic E-state index is 0.0220. The summed E-state index contributed by atoms with van der Waals surface area (Å²) in [5, 5.41) is 6.86. The zero-order valence-electron chi connectivity index (χ0n) is 20.0. The van der Waals surface area contributed by atoms with Gasteiger partial charge in [-0.15, -0.1) is 10.2 Å². The van der Waals surface area contributed by atoms with Gasteiger partial charge in [-0.2, -0.15) is 8.78 Å². The maximum Gasteiger partial charge on any atom is 0.324 e. The highest BCUT2D eigenvalue weighted by atomic mass is 19.3. The van der Waals surface area contributed by atoms with Crippen LogP contribution in [0, 0.1) is 11.2 Å². The van der Waals surface area contributed by atoms with Crippen molar-refractivity contribution in [3.8, 4) is 11.5 Å². The number of carbonyl (C=O) groups excluding carboxylic acids is 1. The van der Waals surface area contributed by atoms with Crippen molar-refractivity contribution >= 4 is 11.7 Å². The molecule has 190 valence electrons. The van der Waals surface area contributed by atoms with Crippen LogP contribution >= 0.6 is 0 Å². The number of likely N-dealkylation sites (tertiary alicyclic amines) is 2. The van der Waals surface area contributed by atoms with Gasteiger partial charge in [0.25, 0.3) is 5.89 Å². The SMILES string of the molecule is CCN1CCC2(CC1)CN(C(=O)N(Cc1ccc(-c3nnc(C(F)F)o3)cc1F)c1ccccc1)C2. The summed E-state index contributed by atoms with van der Waals surface area (Å²) < 4.78 is 45.5. The van der Waals surface area contributed by atoms with Gasteiger partial charge in [-0.05, 0) is 56.7 Å². The Hall–Kier alpha value is -3.40. The Labute approximate surface area is 207 Å².